The summed E-state index contributed by atoms with van der Waals surface area (Å²) in [6, 6.07) is 8.97. The van der Waals surface area contributed by atoms with Gasteiger partial charge in [0.1, 0.15) is 5.82 Å². The fourth-order valence-corrected chi connectivity index (χ4v) is 2.21. The van der Waals surface area contributed by atoms with E-state index in [1.807, 2.05) is 0 Å². The summed E-state index contributed by atoms with van der Waals surface area (Å²) in [7, 11) is 0. The number of nitrogens with one attached hydrogen (secondary N) is 1. The Morgan fingerprint density at radius 2 is 1.85 bits per heavy atom. The van der Waals surface area contributed by atoms with Crippen molar-refractivity contribution in [3.63, 3.8) is 0 Å². The van der Waals surface area contributed by atoms with Gasteiger partial charge in [-0.2, -0.15) is 0 Å². The predicted octanol–water partition coefficient (Wildman–Crippen LogP) is 2.70. The van der Waals surface area contributed by atoms with Gasteiger partial charge in [0.25, 0.3) is 0 Å². The van der Waals surface area contributed by atoms with E-state index in [1.54, 1.807) is 24.4 Å². The van der Waals surface area contributed by atoms with Crippen LogP contribution in [-0.4, -0.2) is 10.8 Å². The van der Waals surface area contributed by atoms with Crippen LogP contribution in [0, 0.1) is 5.82 Å². The molecule has 0 aliphatic carbocycles. The number of carbonyl (C=O) groups excluding carboxylic acids is 1. The standard InChI is InChI=1S/C15H12FN3O/c16-8-1-4-14-11(5-8)12(7-19-14)15(20)10-3-2-9(17)6-13(10)18/h1-7,19H,17-18H2. The molecular weight excluding hydrogens is 257 g/mol. The summed E-state index contributed by atoms with van der Waals surface area (Å²) in [5.41, 5.74) is 13.7. The summed E-state index contributed by atoms with van der Waals surface area (Å²) in [5, 5.41) is 0.534. The number of aromatic amines is 1. The number of rotatable bonds is 2. The minimum Gasteiger partial charge on any atom is -0.399 e. The molecule has 0 amide bonds. The molecule has 0 atom stereocenters. The number of H-pyrrole nitrogens is 1. The minimum atomic E-state index is -0.392. The minimum absolute atomic E-state index is 0.264. The van der Waals surface area contributed by atoms with Crippen molar-refractivity contribution < 1.29 is 9.18 Å². The second kappa shape index (κ2) is 4.38. The Morgan fingerprint density at radius 1 is 1.05 bits per heavy atom. The SMILES string of the molecule is Nc1ccc(C(=O)c2c[nH]c3ccc(F)cc23)c(N)c1. The molecule has 2 aromatic carbocycles. The first-order chi connectivity index (χ1) is 9.56. The van der Waals surface area contributed by atoms with Gasteiger partial charge in [0.15, 0.2) is 5.78 Å². The number of ketones is 1. The van der Waals surface area contributed by atoms with Crippen LogP contribution in [0.5, 0.6) is 0 Å². The van der Waals surface area contributed by atoms with Gasteiger partial charge >= 0.3 is 0 Å². The van der Waals surface area contributed by atoms with Crippen LogP contribution in [0.3, 0.4) is 0 Å². The van der Waals surface area contributed by atoms with Gasteiger partial charge in [-0.1, -0.05) is 0 Å². The molecule has 3 aromatic rings. The van der Waals surface area contributed by atoms with E-state index in [2.05, 4.69) is 4.98 Å². The van der Waals surface area contributed by atoms with Gasteiger partial charge in [-0.05, 0) is 36.4 Å². The molecule has 5 N–H and O–H groups in total. The van der Waals surface area contributed by atoms with Crippen LogP contribution in [0.4, 0.5) is 15.8 Å². The first-order valence-corrected chi connectivity index (χ1v) is 6.02. The number of anilines is 2. The highest BCUT2D eigenvalue weighted by Gasteiger charge is 2.17. The van der Waals surface area contributed by atoms with Crippen molar-refractivity contribution in [1.82, 2.24) is 4.98 Å². The maximum absolute atomic E-state index is 13.3. The topological polar surface area (TPSA) is 84.9 Å². The van der Waals surface area contributed by atoms with Crippen LogP contribution < -0.4 is 11.5 Å². The molecule has 5 heteroatoms. The summed E-state index contributed by atoms with van der Waals surface area (Å²) in [6.07, 6.45) is 1.56. The Labute approximate surface area is 114 Å². The zero-order valence-electron chi connectivity index (χ0n) is 10.5. The summed E-state index contributed by atoms with van der Waals surface area (Å²) >= 11 is 0. The van der Waals surface area contributed by atoms with Crippen molar-refractivity contribution in [2.45, 2.75) is 0 Å². The molecule has 0 saturated carbocycles. The van der Waals surface area contributed by atoms with Crippen molar-refractivity contribution in [3.05, 3.63) is 59.5 Å². The summed E-state index contributed by atoms with van der Waals surface area (Å²) < 4.78 is 13.3. The van der Waals surface area contributed by atoms with Crippen molar-refractivity contribution in [2.75, 3.05) is 11.5 Å². The molecular formula is C15H12FN3O. The third-order valence-electron chi connectivity index (χ3n) is 3.21. The lowest BCUT2D eigenvalue weighted by molar-refractivity contribution is 0.104. The third-order valence-corrected chi connectivity index (χ3v) is 3.21. The van der Waals surface area contributed by atoms with Gasteiger partial charge in [-0.3, -0.25) is 4.79 Å². The van der Waals surface area contributed by atoms with Crippen molar-refractivity contribution >= 4 is 28.1 Å². The molecule has 0 saturated heterocycles. The molecule has 1 aromatic heterocycles. The van der Waals surface area contributed by atoms with Crippen LogP contribution in [0.2, 0.25) is 0 Å². The number of nitrogen functional groups attached to an aromatic ring is 2. The third kappa shape index (κ3) is 1.89. The highest BCUT2D eigenvalue weighted by Crippen LogP contribution is 2.25. The van der Waals surface area contributed by atoms with E-state index < -0.39 is 5.82 Å². The maximum Gasteiger partial charge on any atom is 0.197 e. The number of hydrogen-bond donors (Lipinski definition) is 3. The fraction of sp³-hybridized carbons (Fsp3) is 0. The van der Waals surface area contributed by atoms with Crippen LogP contribution in [-0.2, 0) is 0 Å². The Balaban J connectivity index is 2.15. The average Bonchev–Trinajstić information content (AvgIpc) is 2.81. The zero-order valence-corrected chi connectivity index (χ0v) is 10.5. The van der Waals surface area contributed by atoms with Gasteiger partial charge in [0, 0.05) is 39.6 Å². The number of hydrogen-bond acceptors (Lipinski definition) is 3. The number of aromatic nitrogens is 1. The van der Waals surface area contributed by atoms with E-state index in [1.165, 1.54) is 18.2 Å². The summed E-state index contributed by atoms with van der Waals surface area (Å²) in [5.74, 6) is -0.657. The summed E-state index contributed by atoms with van der Waals surface area (Å²) in [6.45, 7) is 0. The van der Waals surface area contributed by atoms with E-state index in [-0.39, 0.29) is 5.78 Å². The number of halogens is 1. The zero-order chi connectivity index (χ0) is 14.3. The van der Waals surface area contributed by atoms with Gasteiger partial charge in [-0.25, -0.2) is 4.39 Å². The maximum atomic E-state index is 13.3. The normalized spacial score (nSPS) is 10.8. The van der Waals surface area contributed by atoms with E-state index in [9.17, 15) is 9.18 Å². The average molecular weight is 269 g/mol. The molecule has 0 fully saturated rings. The Kier molecular flexibility index (Phi) is 2.68. The number of fused-ring (bicyclic) bond motifs is 1. The van der Waals surface area contributed by atoms with Gasteiger partial charge in [0.2, 0.25) is 0 Å². The van der Waals surface area contributed by atoms with Crippen molar-refractivity contribution in [1.29, 1.82) is 0 Å². The molecule has 20 heavy (non-hydrogen) atoms. The Morgan fingerprint density at radius 3 is 2.60 bits per heavy atom. The van der Waals surface area contributed by atoms with Gasteiger partial charge < -0.3 is 16.5 Å². The van der Waals surface area contributed by atoms with E-state index in [4.69, 9.17) is 11.5 Å². The van der Waals surface area contributed by atoms with E-state index >= 15 is 0 Å². The molecule has 0 radical (unpaired) electrons. The molecule has 0 unspecified atom stereocenters. The van der Waals surface area contributed by atoms with Crippen LogP contribution in [0.15, 0.2) is 42.6 Å². The highest BCUT2D eigenvalue weighted by atomic mass is 19.1. The molecule has 0 bridgehead atoms. The van der Waals surface area contributed by atoms with Crippen LogP contribution in [0.25, 0.3) is 10.9 Å². The molecule has 3 rings (SSSR count). The highest BCUT2D eigenvalue weighted by molar-refractivity contribution is 6.18. The van der Waals surface area contributed by atoms with Crippen molar-refractivity contribution in [3.8, 4) is 0 Å². The number of nitrogens with two attached hydrogens (primary N) is 2. The van der Waals surface area contributed by atoms with Gasteiger partial charge in [-0.15, -0.1) is 0 Å². The Hall–Kier alpha value is -2.82. The first kappa shape index (κ1) is 12.2. The molecule has 4 nitrogen and oxygen atoms in total. The molecule has 1 heterocycles. The van der Waals surface area contributed by atoms with Crippen LogP contribution in [0.1, 0.15) is 15.9 Å². The first-order valence-electron chi connectivity index (χ1n) is 6.02. The summed E-state index contributed by atoms with van der Waals surface area (Å²) in [4.78, 5) is 15.4. The van der Waals surface area contributed by atoms with Gasteiger partial charge in [0.05, 0.1) is 0 Å². The molecule has 0 aliphatic rings. The fourth-order valence-electron chi connectivity index (χ4n) is 2.21. The lowest BCUT2D eigenvalue weighted by Gasteiger charge is -2.05. The lowest BCUT2D eigenvalue weighted by Crippen LogP contribution is -2.05. The number of benzene rings is 2. The largest absolute Gasteiger partial charge is 0.399 e. The van der Waals surface area contributed by atoms with E-state index in [0.29, 0.717) is 33.4 Å². The molecule has 0 aliphatic heterocycles. The second-order valence-corrected chi connectivity index (χ2v) is 4.57. The van der Waals surface area contributed by atoms with Crippen LogP contribution >= 0.6 is 0 Å². The lowest BCUT2D eigenvalue weighted by atomic mass is 10.0. The Bertz CT molecular complexity index is 823. The monoisotopic (exact) mass is 269 g/mol. The predicted molar refractivity (Wildman–Crippen MR) is 77.0 cm³/mol. The van der Waals surface area contributed by atoms with Crippen molar-refractivity contribution in [2.24, 2.45) is 0 Å². The second-order valence-electron chi connectivity index (χ2n) is 4.57. The molecule has 0 spiro atoms. The smallest absolute Gasteiger partial charge is 0.197 e. The molecule has 100 valence electrons. The van der Waals surface area contributed by atoms with E-state index in [0.717, 1.165) is 0 Å². The number of carbonyl (C=O) groups is 1. The quantitative estimate of drug-likeness (QED) is 0.494.